The van der Waals surface area contributed by atoms with Crippen molar-refractivity contribution in [1.29, 1.82) is 0 Å². The average Bonchev–Trinajstić information content (AvgIpc) is 3.13. The van der Waals surface area contributed by atoms with Crippen LogP contribution in [0.2, 0.25) is 5.04 Å². The molecule has 1 fully saturated rings. The van der Waals surface area contributed by atoms with Crippen molar-refractivity contribution in [2.45, 2.75) is 57.8 Å². The van der Waals surface area contributed by atoms with Gasteiger partial charge in [0.25, 0.3) is 8.32 Å². The minimum atomic E-state index is -2.60. The molecule has 0 radical (unpaired) electrons. The Morgan fingerprint density at radius 2 is 1.59 bits per heavy atom. The van der Waals surface area contributed by atoms with Gasteiger partial charge < -0.3 is 13.9 Å². The number of benzene rings is 2. The van der Waals surface area contributed by atoms with Crippen molar-refractivity contribution in [2.24, 2.45) is 0 Å². The summed E-state index contributed by atoms with van der Waals surface area (Å²) in [5.74, 6) is -0.205. The molecular weight excluding hydrogens is 380 g/mol. The van der Waals surface area contributed by atoms with Crippen LogP contribution in [0.1, 0.15) is 40.5 Å². The highest BCUT2D eigenvalue weighted by molar-refractivity contribution is 6.99. The normalized spacial score (nSPS) is 19.9. The van der Waals surface area contributed by atoms with Gasteiger partial charge in [0.05, 0.1) is 31.8 Å². The molecule has 29 heavy (non-hydrogen) atoms. The van der Waals surface area contributed by atoms with Crippen LogP contribution in [0.25, 0.3) is 0 Å². The molecule has 2 aromatic rings. The first kappa shape index (κ1) is 21.7. The van der Waals surface area contributed by atoms with E-state index in [0.29, 0.717) is 19.6 Å². The second-order valence-electron chi connectivity index (χ2n) is 8.60. The summed E-state index contributed by atoms with van der Waals surface area (Å²) >= 11 is 0. The summed E-state index contributed by atoms with van der Waals surface area (Å²) in [6.07, 6.45) is 0.815. The van der Waals surface area contributed by atoms with Crippen LogP contribution in [0, 0.1) is 0 Å². The quantitative estimate of drug-likeness (QED) is 0.514. The molecule has 3 rings (SSSR count). The maximum Gasteiger partial charge on any atom is 0.308 e. The molecule has 4 nitrogen and oxygen atoms in total. The SMILES string of the molecule is CCOC(=O)C[C@@H]1C[C@@H](O[Si](c2ccccc2)(c2ccccc2)C(C)(C)C)CO1. The van der Waals surface area contributed by atoms with Crippen LogP contribution in [0.4, 0.5) is 0 Å². The zero-order valence-electron chi connectivity index (χ0n) is 17.9. The number of hydrogen-bond acceptors (Lipinski definition) is 4. The Morgan fingerprint density at radius 1 is 1.03 bits per heavy atom. The van der Waals surface area contributed by atoms with Gasteiger partial charge in [0.2, 0.25) is 0 Å². The van der Waals surface area contributed by atoms with Crippen molar-refractivity contribution in [2.75, 3.05) is 13.2 Å². The highest BCUT2D eigenvalue weighted by Gasteiger charge is 2.52. The van der Waals surface area contributed by atoms with E-state index in [9.17, 15) is 4.79 Å². The molecule has 0 unspecified atom stereocenters. The molecule has 1 aliphatic rings. The standard InChI is InChI=1S/C24H32O4Si/c1-5-26-23(25)17-19-16-20(18-27-19)28-29(24(2,3)4,21-12-8-6-9-13-21)22-14-10-7-11-15-22/h6-15,19-20H,5,16-18H2,1-4H3/t19-,20+/m0/s1. The van der Waals surface area contributed by atoms with Gasteiger partial charge in [-0.2, -0.15) is 0 Å². The van der Waals surface area contributed by atoms with E-state index in [1.54, 1.807) is 0 Å². The third kappa shape index (κ3) is 4.79. The second-order valence-corrected chi connectivity index (χ2v) is 12.9. The molecule has 0 amide bonds. The van der Waals surface area contributed by atoms with E-state index >= 15 is 0 Å². The molecule has 1 heterocycles. The zero-order valence-corrected chi connectivity index (χ0v) is 18.9. The van der Waals surface area contributed by atoms with Gasteiger partial charge >= 0.3 is 5.97 Å². The van der Waals surface area contributed by atoms with E-state index in [1.165, 1.54) is 10.4 Å². The Hall–Kier alpha value is -1.95. The van der Waals surface area contributed by atoms with E-state index in [4.69, 9.17) is 13.9 Å². The zero-order chi connectivity index (χ0) is 20.9. The smallest absolute Gasteiger partial charge is 0.308 e. The topological polar surface area (TPSA) is 44.8 Å². The first-order chi connectivity index (χ1) is 13.9. The van der Waals surface area contributed by atoms with E-state index in [2.05, 4.69) is 69.3 Å². The number of esters is 1. The maximum absolute atomic E-state index is 11.9. The van der Waals surface area contributed by atoms with Crippen molar-refractivity contribution >= 4 is 24.7 Å². The molecule has 0 aromatic heterocycles. The van der Waals surface area contributed by atoms with Crippen LogP contribution < -0.4 is 10.4 Å². The van der Waals surface area contributed by atoms with Gasteiger partial charge in [-0.05, 0) is 22.3 Å². The van der Waals surface area contributed by atoms with E-state index in [0.717, 1.165) is 0 Å². The van der Waals surface area contributed by atoms with Crippen molar-refractivity contribution in [3.8, 4) is 0 Å². The van der Waals surface area contributed by atoms with Gasteiger partial charge in [-0.15, -0.1) is 0 Å². The predicted octanol–water partition coefficient (Wildman–Crippen LogP) is 3.67. The average molecular weight is 413 g/mol. The summed E-state index contributed by atoms with van der Waals surface area (Å²) in [5.41, 5.74) is 0. The molecular formula is C24H32O4Si. The highest BCUT2D eigenvalue weighted by atomic mass is 28.4. The third-order valence-corrected chi connectivity index (χ3v) is 10.6. The number of carbonyl (C=O) groups is 1. The van der Waals surface area contributed by atoms with Crippen molar-refractivity contribution in [3.05, 3.63) is 60.7 Å². The fraction of sp³-hybridized carbons (Fsp3) is 0.458. The Balaban J connectivity index is 1.92. The largest absolute Gasteiger partial charge is 0.466 e. The summed E-state index contributed by atoms with van der Waals surface area (Å²) in [7, 11) is -2.60. The fourth-order valence-electron chi connectivity index (χ4n) is 4.24. The highest BCUT2D eigenvalue weighted by Crippen LogP contribution is 2.38. The lowest BCUT2D eigenvalue weighted by molar-refractivity contribution is -0.145. The maximum atomic E-state index is 11.9. The van der Waals surface area contributed by atoms with E-state index < -0.39 is 8.32 Å². The van der Waals surface area contributed by atoms with Crippen LogP contribution in [0.15, 0.2) is 60.7 Å². The van der Waals surface area contributed by atoms with Crippen LogP contribution in [-0.4, -0.2) is 39.7 Å². The lowest BCUT2D eigenvalue weighted by Crippen LogP contribution is -2.67. The van der Waals surface area contributed by atoms with Crippen molar-refractivity contribution < 1.29 is 18.7 Å². The summed E-state index contributed by atoms with van der Waals surface area (Å²) < 4.78 is 18.1. The number of carbonyl (C=O) groups excluding carboxylic acids is 1. The van der Waals surface area contributed by atoms with Crippen molar-refractivity contribution in [3.63, 3.8) is 0 Å². The third-order valence-electron chi connectivity index (χ3n) is 5.50. The van der Waals surface area contributed by atoms with Crippen LogP contribution in [-0.2, 0) is 18.7 Å². The molecule has 0 spiro atoms. The Labute approximate surface area is 175 Å². The van der Waals surface area contributed by atoms with E-state index in [1.807, 2.05) is 19.1 Å². The molecule has 5 heteroatoms. The molecule has 0 N–H and O–H groups in total. The van der Waals surface area contributed by atoms with Crippen LogP contribution in [0.5, 0.6) is 0 Å². The molecule has 2 atom stereocenters. The molecule has 0 bridgehead atoms. The van der Waals surface area contributed by atoms with Crippen LogP contribution in [0.3, 0.4) is 0 Å². The van der Waals surface area contributed by atoms with Gasteiger partial charge in [0, 0.05) is 6.42 Å². The molecule has 1 saturated heterocycles. The number of ether oxygens (including phenoxy) is 2. The number of hydrogen-bond donors (Lipinski definition) is 0. The Bertz CT molecular complexity index is 746. The van der Waals surface area contributed by atoms with Crippen LogP contribution >= 0.6 is 0 Å². The first-order valence-electron chi connectivity index (χ1n) is 10.4. The van der Waals surface area contributed by atoms with Crippen molar-refractivity contribution in [1.82, 2.24) is 0 Å². The number of rotatable bonds is 7. The molecule has 1 aliphatic heterocycles. The predicted molar refractivity (Wildman–Crippen MR) is 118 cm³/mol. The van der Waals surface area contributed by atoms with Gasteiger partial charge in [-0.25, -0.2) is 0 Å². The summed E-state index contributed by atoms with van der Waals surface area (Å²) in [6.45, 7) is 9.53. The lowest BCUT2D eigenvalue weighted by atomic mass is 10.1. The first-order valence-corrected chi connectivity index (χ1v) is 12.3. The Kier molecular flexibility index (Phi) is 6.93. The summed E-state index contributed by atoms with van der Waals surface area (Å²) in [4.78, 5) is 11.9. The second kappa shape index (κ2) is 9.24. The minimum absolute atomic E-state index is 0.0410. The summed E-state index contributed by atoms with van der Waals surface area (Å²) in [6, 6.07) is 21.2. The molecule has 0 aliphatic carbocycles. The molecule has 2 aromatic carbocycles. The minimum Gasteiger partial charge on any atom is -0.466 e. The Morgan fingerprint density at radius 3 is 2.07 bits per heavy atom. The van der Waals surface area contributed by atoms with Gasteiger partial charge in [0.1, 0.15) is 0 Å². The molecule has 156 valence electrons. The van der Waals surface area contributed by atoms with Gasteiger partial charge in [-0.3, -0.25) is 4.79 Å². The van der Waals surface area contributed by atoms with Gasteiger partial charge in [0.15, 0.2) is 0 Å². The monoisotopic (exact) mass is 412 g/mol. The lowest BCUT2D eigenvalue weighted by Gasteiger charge is -2.44. The molecule has 0 saturated carbocycles. The fourth-order valence-corrected chi connectivity index (χ4v) is 8.92. The van der Waals surface area contributed by atoms with Gasteiger partial charge in [-0.1, -0.05) is 81.4 Å². The summed E-state index contributed by atoms with van der Waals surface area (Å²) in [5, 5.41) is 2.44. The van der Waals surface area contributed by atoms with E-state index in [-0.39, 0.29) is 29.6 Å².